The Kier molecular flexibility index (Phi) is 1.26. The molecule has 41 valence electrons. The number of rotatable bonds is 0. The van der Waals surface area contributed by atoms with Crippen molar-refractivity contribution in [2.24, 2.45) is 10.7 Å². The molecule has 0 aliphatic carbocycles. The Morgan fingerprint density at radius 3 is 2.75 bits per heavy atom. The number of nitrogens with two attached hydrogens (primary N) is 1. The lowest BCUT2D eigenvalue weighted by Gasteiger charge is -1.98. The molecular weight excluding hydrogens is 122 g/mol. The van der Waals surface area contributed by atoms with Crippen LogP contribution in [0.1, 0.15) is 0 Å². The first kappa shape index (κ1) is 5.24. The predicted octanol–water partition coefficient (Wildman–Crippen LogP) is -0.240. The monoisotopic (exact) mass is 126 g/mol. The van der Waals surface area contributed by atoms with E-state index in [-0.39, 0.29) is 0 Å². The highest BCUT2D eigenvalue weighted by Crippen LogP contribution is 1.86. The summed E-state index contributed by atoms with van der Waals surface area (Å²) in [5.41, 5.74) is 5.24. The number of thiocarbonyl (C=S) groups is 1. The summed E-state index contributed by atoms with van der Waals surface area (Å²) in [6.07, 6.45) is 3.13. The van der Waals surface area contributed by atoms with E-state index in [2.05, 4.69) is 22.5 Å². The molecule has 0 aromatic rings. The average Bonchev–Trinajstić information content (AvgIpc) is 1.64. The molecule has 0 spiro atoms. The lowest BCUT2D eigenvalue weighted by molar-refractivity contribution is 1.23. The average molecular weight is 126 g/mol. The minimum atomic E-state index is 0.296. The first-order chi connectivity index (χ1) is 3.79. The van der Waals surface area contributed by atoms with E-state index < -0.39 is 0 Å². The summed E-state index contributed by atoms with van der Waals surface area (Å²) >= 11 is 4.60. The maximum atomic E-state index is 5.24. The molecule has 0 bridgehead atoms. The van der Waals surface area contributed by atoms with Crippen molar-refractivity contribution in [2.45, 2.75) is 0 Å². The molecule has 4 heteroatoms. The van der Waals surface area contributed by atoms with Gasteiger partial charge in [-0.15, -0.1) is 0 Å². The third-order valence-corrected chi connectivity index (χ3v) is 0.852. The summed E-state index contributed by atoms with van der Waals surface area (Å²) in [6.45, 7) is 0. The van der Waals surface area contributed by atoms with E-state index in [1.165, 1.54) is 6.20 Å². The molecule has 0 saturated heterocycles. The lowest BCUT2D eigenvalue weighted by Crippen LogP contribution is -2.18. The van der Waals surface area contributed by atoms with Crippen molar-refractivity contribution in [3.8, 4) is 0 Å². The molecule has 0 fully saturated rings. The van der Waals surface area contributed by atoms with Crippen LogP contribution in [0.4, 0.5) is 0 Å². The van der Waals surface area contributed by atoms with E-state index in [0.29, 0.717) is 10.9 Å². The molecule has 0 atom stereocenters. The van der Waals surface area contributed by atoms with Crippen LogP contribution in [-0.4, -0.2) is 10.9 Å². The maximum Gasteiger partial charge on any atom is 0.221 e. The van der Waals surface area contributed by atoms with Gasteiger partial charge >= 0.3 is 0 Å². The van der Waals surface area contributed by atoms with Gasteiger partial charge in [0.25, 0.3) is 0 Å². The van der Waals surface area contributed by atoms with Crippen molar-refractivity contribution >= 4 is 23.2 Å². The molecule has 0 aromatic carbocycles. The van der Waals surface area contributed by atoms with E-state index in [0.717, 1.165) is 0 Å². The number of nitrogens with zero attached hydrogens (tertiary/aromatic N) is 2. The van der Waals surface area contributed by atoms with Crippen LogP contribution < -0.4 is 11.1 Å². The van der Waals surface area contributed by atoms with Crippen molar-refractivity contribution in [3.05, 3.63) is 12.3 Å². The zero-order valence-corrected chi connectivity index (χ0v) is 4.85. The molecule has 1 radical (unpaired) electrons. The zero-order valence-electron chi connectivity index (χ0n) is 4.03. The normalized spacial score (nSPS) is 17.5. The molecule has 2 N–H and O–H groups in total. The molecule has 1 aliphatic rings. The molecule has 3 nitrogen and oxygen atoms in total. The first-order valence-electron chi connectivity index (χ1n) is 2.04. The number of amidine groups is 1. The van der Waals surface area contributed by atoms with Gasteiger partial charge < -0.3 is 5.73 Å². The fourth-order valence-corrected chi connectivity index (χ4v) is 0.520. The molecule has 0 unspecified atom stereocenters. The fraction of sp³-hybridized carbons (Fsp3) is 0. The summed E-state index contributed by atoms with van der Waals surface area (Å²) in [5, 5.41) is 3.96. The highest BCUT2D eigenvalue weighted by atomic mass is 32.1. The van der Waals surface area contributed by atoms with Gasteiger partial charge in [-0.25, -0.2) is 10.3 Å². The Balaban J connectivity index is 2.77. The predicted molar refractivity (Wildman–Crippen MR) is 35.5 cm³/mol. The quantitative estimate of drug-likeness (QED) is 0.455. The Morgan fingerprint density at radius 2 is 2.38 bits per heavy atom. The minimum absolute atomic E-state index is 0.296. The maximum absolute atomic E-state index is 5.24. The van der Waals surface area contributed by atoms with Gasteiger partial charge in [-0.05, 0) is 18.3 Å². The van der Waals surface area contributed by atoms with Crippen LogP contribution in [0.15, 0.2) is 17.3 Å². The van der Waals surface area contributed by atoms with Crippen LogP contribution in [0, 0.1) is 0 Å². The van der Waals surface area contributed by atoms with Gasteiger partial charge in [-0.3, -0.25) is 0 Å². The molecule has 8 heavy (non-hydrogen) atoms. The van der Waals surface area contributed by atoms with Crippen molar-refractivity contribution in [1.29, 1.82) is 0 Å². The number of aliphatic imine (C=N–C) groups is 1. The van der Waals surface area contributed by atoms with E-state index in [1.54, 1.807) is 6.08 Å². The van der Waals surface area contributed by atoms with Crippen LogP contribution in [-0.2, 0) is 0 Å². The van der Waals surface area contributed by atoms with Gasteiger partial charge in [0.05, 0.1) is 0 Å². The van der Waals surface area contributed by atoms with E-state index in [9.17, 15) is 0 Å². The standard InChI is InChI=1S/C4H4N3S/c5-3-1-2-6-4(8)7-3/h1-2H,(H2,5,7,8). The van der Waals surface area contributed by atoms with Gasteiger partial charge in [0, 0.05) is 6.20 Å². The summed E-state index contributed by atoms with van der Waals surface area (Å²) in [7, 11) is 0. The third kappa shape index (κ3) is 1.04. The van der Waals surface area contributed by atoms with Crippen molar-refractivity contribution in [2.75, 3.05) is 0 Å². The van der Waals surface area contributed by atoms with E-state index in [1.807, 2.05) is 0 Å². The fourth-order valence-electron chi connectivity index (χ4n) is 0.354. The summed E-state index contributed by atoms with van der Waals surface area (Å²) in [5.74, 6) is 0.421. The molecule has 1 aliphatic heterocycles. The largest absolute Gasteiger partial charge is 0.384 e. The van der Waals surface area contributed by atoms with Crippen LogP contribution >= 0.6 is 12.2 Å². The zero-order chi connectivity index (χ0) is 5.98. The number of hydrogen-bond donors (Lipinski definition) is 1. The van der Waals surface area contributed by atoms with Gasteiger partial charge in [0.2, 0.25) is 5.11 Å². The van der Waals surface area contributed by atoms with Crippen LogP contribution in [0.2, 0.25) is 0 Å². The molecule has 1 rings (SSSR count). The Labute approximate surface area is 52.3 Å². The van der Waals surface area contributed by atoms with E-state index >= 15 is 0 Å². The van der Waals surface area contributed by atoms with Crippen LogP contribution in [0.25, 0.3) is 0 Å². The minimum Gasteiger partial charge on any atom is -0.384 e. The second kappa shape index (κ2) is 1.92. The van der Waals surface area contributed by atoms with E-state index in [4.69, 9.17) is 5.73 Å². The summed E-state index contributed by atoms with van der Waals surface area (Å²) in [4.78, 5) is 3.66. The SMILES string of the molecule is NC1=NC(=S)[N]C=C1. The smallest absolute Gasteiger partial charge is 0.221 e. The Bertz CT molecular complexity index is 170. The Morgan fingerprint density at radius 1 is 1.62 bits per heavy atom. The molecule has 1 heterocycles. The Hall–Kier alpha value is -0.900. The second-order valence-corrected chi connectivity index (χ2v) is 1.63. The van der Waals surface area contributed by atoms with Gasteiger partial charge in [0.1, 0.15) is 5.84 Å². The summed E-state index contributed by atoms with van der Waals surface area (Å²) < 4.78 is 0. The number of hydrogen-bond acceptors (Lipinski definition) is 2. The molecule has 0 amide bonds. The summed E-state index contributed by atoms with van der Waals surface area (Å²) in [6, 6.07) is 0. The van der Waals surface area contributed by atoms with Crippen LogP contribution in [0.5, 0.6) is 0 Å². The lowest BCUT2D eigenvalue weighted by atomic mass is 10.5. The highest BCUT2D eigenvalue weighted by molar-refractivity contribution is 7.80. The van der Waals surface area contributed by atoms with Crippen molar-refractivity contribution in [3.63, 3.8) is 0 Å². The molecule has 0 saturated carbocycles. The molecular formula is C4H4N3S. The van der Waals surface area contributed by atoms with Crippen molar-refractivity contribution < 1.29 is 0 Å². The van der Waals surface area contributed by atoms with Crippen molar-refractivity contribution in [1.82, 2.24) is 5.32 Å². The first-order valence-corrected chi connectivity index (χ1v) is 2.45. The highest BCUT2D eigenvalue weighted by Gasteiger charge is 1.96. The van der Waals surface area contributed by atoms with Gasteiger partial charge in [0.15, 0.2) is 0 Å². The third-order valence-electron chi connectivity index (χ3n) is 0.655. The van der Waals surface area contributed by atoms with Gasteiger partial charge in [-0.1, -0.05) is 0 Å². The van der Waals surface area contributed by atoms with Crippen LogP contribution in [0.3, 0.4) is 0 Å². The topological polar surface area (TPSA) is 52.5 Å². The van der Waals surface area contributed by atoms with Gasteiger partial charge in [-0.2, -0.15) is 0 Å². The molecule has 0 aromatic heterocycles. The second-order valence-electron chi connectivity index (χ2n) is 1.26.